The maximum atomic E-state index is 12.3. The van der Waals surface area contributed by atoms with Crippen molar-refractivity contribution in [3.8, 4) is 0 Å². The van der Waals surface area contributed by atoms with Crippen LogP contribution in [0.4, 0.5) is 0 Å². The lowest BCUT2D eigenvalue weighted by molar-refractivity contribution is -0.181. The molecule has 0 heterocycles. The molecule has 2 N–H and O–H groups in total. The molecular weight excluding hydrogens is 352 g/mol. The normalized spacial score (nSPS) is 24.8. The lowest BCUT2D eigenvalue weighted by Gasteiger charge is -2.49. The summed E-state index contributed by atoms with van der Waals surface area (Å²) in [6.45, 7) is 8.24. The number of allylic oxidation sites excluding steroid dienone is 2. The van der Waals surface area contributed by atoms with Crippen LogP contribution in [0.3, 0.4) is 0 Å². The summed E-state index contributed by atoms with van der Waals surface area (Å²) in [6, 6.07) is 0. The predicted octanol–water partition coefficient (Wildman–Crippen LogP) is 6.69. The van der Waals surface area contributed by atoms with Crippen molar-refractivity contribution in [3.63, 3.8) is 0 Å². The Labute approximate surface area is 171 Å². The number of aliphatic carboxylic acids is 2. The summed E-state index contributed by atoms with van der Waals surface area (Å²) in [5.41, 5.74) is -2.41. The Morgan fingerprint density at radius 2 is 1.29 bits per heavy atom. The largest absolute Gasteiger partial charge is 0.481 e. The fourth-order valence-corrected chi connectivity index (χ4v) is 5.01. The summed E-state index contributed by atoms with van der Waals surface area (Å²) in [5, 5.41) is 20.1. The van der Waals surface area contributed by atoms with Crippen molar-refractivity contribution in [2.45, 2.75) is 105 Å². The van der Waals surface area contributed by atoms with Gasteiger partial charge < -0.3 is 10.2 Å². The average Bonchev–Trinajstić information content (AvgIpc) is 2.62. The van der Waals surface area contributed by atoms with Gasteiger partial charge in [0.2, 0.25) is 0 Å². The Morgan fingerprint density at radius 3 is 1.75 bits per heavy atom. The highest BCUT2D eigenvalue weighted by atomic mass is 16.4. The van der Waals surface area contributed by atoms with E-state index in [0.717, 1.165) is 25.2 Å². The van der Waals surface area contributed by atoms with Crippen LogP contribution in [0.5, 0.6) is 0 Å². The summed E-state index contributed by atoms with van der Waals surface area (Å²) in [7, 11) is 0. The zero-order chi connectivity index (χ0) is 21.2. The van der Waals surface area contributed by atoms with Gasteiger partial charge in [-0.15, -0.1) is 0 Å². The van der Waals surface area contributed by atoms with Crippen molar-refractivity contribution in [1.82, 2.24) is 0 Å². The number of carboxylic acids is 2. The van der Waals surface area contributed by atoms with Crippen molar-refractivity contribution >= 4 is 11.9 Å². The Balaban J connectivity index is 2.53. The SMILES string of the molecule is CC(C)CCCCCCCCCCC1(C(=O)O)CC=CCC1(C(=O)O)C(C)C. The number of rotatable bonds is 14. The molecule has 28 heavy (non-hydrogen) atoms. The Bertz CT molecular complexity index is 523. The van der Waals surface area contributed by atoms with Gasteiger partial charge in [0.15, 0.2) is 0 Å². The molecular formula is C24H42O4. The lowest BCUT2D eigenvalue weighted by Crippen LogP contribution is -2.56. The van der Waals surface area contributed by atoms with Gasteiger partial charge in [-0.05, 0) is 31.1 Å². The molecule has 0 aliphatic heterocycles. The third-order valence-corrected chi connectivity index (χ3v) is 6.84. The Hall–Kier alpha value is -1.32. The van der Waals surface area contributed by atoms with Crippen LogP contribution in [0.15, 0.2) is 12.2 Å². The van der Waals surface area contributed by atoms with E-state index in [4.69, 9.17) is 0 Å². The van der Waals surface area contributed by atoms with Gasteiger partial charge in [0, 0.05) is 0 Å². The zero-order valence-corrected chi connectivity index (χ0v) is 18.5. The quantitative estimate of drug-likeness (QED) is 0.254. The molecule has 1 aliphatic rings. The van der Waals surface area contributed by atoms with E-state index in [1.54, 1.807) is 0 Å². The first-order valence-electron chi connectivity index (χ1n) is 11.3. The minimum absolute atomic E-state index is 0.225. The summed E-state index contributed by atoms with van der Waals surface area (Å²) in [6.07, 6.45) is 15.3. The maximum absolute atomic E-state index is 12.3. The van der Waals surface area contributed by atoms with Gasteiger partial charge in [-0.3, -0.25) is 9.59 Å². The first-order valence-corrected chi connectivity index (χ1v) is 11.3. The van der Waals surface area contributed by atoms with Gasteiger partial charge in [-0.1, -0.05) is 97.6 Å². The molecule has 0 aromatic heterocycles. The van der Waals surface area contributed by atoms with E-state index in [9.17, 15) is 19.8 Å². The monoisotopic (exact) mass is 394 g/mol. The van der Waals surface area contributed by atoms with Gasteiger partial charge in [0.25, 0.3) is 0 Å². The molecule has 1 aliphatic carbocycles. The van der Waals surface area contributed by atoms with Gasteiger partial charge in [-0.2, -0.15) is 0 Å². The van der Waals surface area contributed by atoms with E-state index < -0.39 is 22.8 Å². The predicted molar refractivity (Wildman–Crippen MR) is 114 cm³/mol. The molecule has 0 bridgehead atoms. The van der Waals surface area contributed by atoms with Gasteiger partial charge in [0.05, 0.1) is 10.8 Å². The second kappa shape index (κ2) is 11.6. The van der Waals surface area contributed by atoms with Crippen molar-refractivity contribution in [1.29, 1.82) is 0 Å². The molecule has 0 fully saturated rings. The zero-order valence-electron chi connectivity index (χ0n) is 18.5. The van der Waals surface area contributed by atoms with E-state index in [-0.39, 0.29) is 5.92 Å². The van der Waals surface area contributed by atoms with Crippen LogP contribution in [0.25, 0.3) is 0 Å². The molecule has 2 unspecified atom stereocenters. The smallest absolute Gasteiger partial charge is 0.311 e. The molecule has 4 nitrogen and oxygen atoms in total. The van der Waals surface area contributed by atoms with Crippen LogP contribution in [0.1, 0.15) is 105 Å². The standard InChI is InChI=1S/C24H42O4/c1-19(2)15-11-9-7-5-6-8-10-12-16-23(21(25)26)17-13-14-18-24(23,20(3)4)22(27)28/h13-14,19-20H,5-12,15-18H2,1-4H3,(H,25,26)(H,27,28). The summed E-state index contributed by atoms with van der Waals surface area (Å²) in [5.74, 6) is -1.34. The molecule has 162 valence electrons. The van der Waals surface area contributed by atoms with Crippen molar-refractivity contribution in [3.05, 3.63) is 12.2 Å². The van der Waals surface area contributed by atoms with Crippen LogP contribution in [0, 0.1) is 22.7 Å². The second-order valence-electron chi connectivity index (χ2n) is 9.46. The van der Waals surface area contributed by atoms with Crippen LogP contribution in [-0.2, 0) is 9.59 Å². The van der Waals surface area contributed by atoms with Gasteiger partial charge >= 0.3 is 11.9 Å². The molecule has 0 saturated carbocycles. The number of carbonyl (C=O) groups is 2. The highest BCUT2D eigenvalue weighted by Crippen LogP contribution is 2.56. The summed E-state index contributed by atoms with van der Waals surface area (Å²) in [4.78, 5) is 24.6. The molecule has 2 atom stereocenters. The van der Waals surface area contributed by atoms with Gasteiger partial charge in [0.1, 0.15) is 0 Å². The maximum Gasteiger partial charge on any atom is 0.311 e. The molecule has 0 spiro atoms. The second-order valence-corrected chi connectivity index (χ2v) is 9.46. The van der Waals surface area contributed by atoms with Crippen molar-refractivity contribution in [2.24, 2.45) is 22.7 Å². The van der Waals surface area contributed by atoms with Crippen LogP contribution >= 0.6 is 0 Å². The number of carboxylic acid groups (broad SMARTS) is 2. The number of hydrogen-bond donors (Lipinski definition) is 2. The third-order valence-electron chi connectivity index (χ3n) is 6.84. The molecule has 0 saturated heterocycles. The van der Waals surface area contributed by atoms with Gasteiger partial charge in [-0.25, -0.2) is 0 Å². The number of hydrogen-bond acceptors (Lipinski definition) is 2. The summed E-state index contributed by atoms with van der Waals surface area (Å²) >= 11 is 0. The fraction of sp³-hybridized carbons (Fsp3) is 0.833. The molecule has 4 heteroatoms. The van der Waals surface area contributed by atoms with E-state index in [1.807, 2.05) is 26.0 Å². The molecule has 0 radical (unpaired) electrons. The highest BCUT2D eigenvalue weighted by Gasteiger charge is 2.62. The van der Waals surface area contributed by atoms with E-state index in [1.165, 1.54) is 38.5 Å². The van der Waals surface area contributed by atoms with E-state index in [2.05, 4.69) is 13.8 Å². The molecule has 1 rings (SSSR count). The molecule has 0 amide bonds. The minimum Gasteiger partial charge on any atom is -0.481 e. The molecule has 0 aromatic rings. The first-order chi connectivity index (χ1) is 13.2. The Morgan fingerprint density at radius 1 is 0.786 bits per heavy atom. The van der Waals surface area contributed by atoms with E-state index >= 15 is 0 Å². The summed E-state index contributed by atoms with van der Waals surface area (Å²) < 4.78 is 0. The Kier molecular flexibility index (Phi) is 10.3. The van der Waals surface area contributed by atoms with E-state index in [0.29, 0.717) is 19.3 Å². The van der Waals surface area contributed by atoms with Crippen LogP contribution in [0.2, 0.25) is 0 Å². The van der Waals surface area contributed by atoms with Crippen molar-refractivity contribution < 1.29 is 19.8 Å². The minimum atomic E-state index is -1.22. The fourth-order valence-electron chi connectivity index (χ4n) is 5.01. The average molecular weight is 395 g/mol. The first kappa shape index (κ1) is 24.7. The highest BCUT2D eigenvalue weighted by molar-refractivity contribution is 5.87. The number of unbranched alkanes of at least 4 members (excludes halogenated alkanes) is 7. The molecule has 0 aromatic carbocycles. The third kappa shape index (κ3) is 5.84. The topological polar surface area (TPSA) is 74.6 Å². The van der Waals surface area contributed by atoms with Crippen LogP contribution < -0.4 is 0 Å². The van der Waals surface area contributed by atoms with Crippen molar-refractivity contribution in [2.75, 3.05) is 0 Å². The van der Waals surface area contributed by atoms with Crippen LogP contribution in [-0.4, -0.2) is 22.2 Å². The lowest BCUT2D eigenvalue weighted by atomic mass is 9.51.